The van der Waals surface area contributed by atoms with Crippen molar-refractivity contribution >= 4 is 23.2 Å². The van der Waals surface area contributed by atoms with E-state index in [1.165, 1.54) is 0 Å². The van der Waals surface area contributed by atoms with Gasteiger partial charge in [0, 0.05) is 17.0 Å². The molecule has 0 bridgehead atoms. The van der Waals surface area contributed by atoms with Gasteiger partial charge in [-0.2, -0.15) is 0 Å². The van der Waals surface area contributed by atoms with Crippen LogP contribution in [0.25, 0.3) is 0 Å². The minimum atomic E-state index is -1.68. The lowest BCUT2D eigenvalue weighted by atomic mass is 9.88. The number of alkyl halides is 1. The van der Waals surface area contributed by atoms with E-state index in [1.54, 1.807) is 24.3 Å². The molecule has 0 aliphatic heterocycles. The Balaban J connectivity index is 2.37. The summed E-state index contributed by atoms with van der Waals surface area (Å²) >= 11 is 11.6. The van der Waals surface area contributed by atoms with Gasteiger partial charge in [0.05, 0.1) is 5.88 Å². The van der Waals surface area contributed by atoms with Crippen LogP contribution < -0.4 is 0 Å². The minimum Gasteiger partial charge on any atom is -0.383 e. The summed E-state index contributed by atoms with van der Waals surface area (Å²) in [6.07, 6.45) is 0.0635. The average Bonchev–Trinajstić information content (AvgIpc) is 2.44. The molecule has 1 unspecified atom stereocenters. The van der Waals surface area contributed by atoms with Crippen LogP contribution in [0.4, 0.5) is 8.78 Å². The molecule has 0 aromatic heterocycles. The van der Waals surface area contributed by atoms with Gasteiger partial charge >= 0.3 is 0 Å². The molecule has 1 nitrogen and oxygen atoms in total. The van der Waals surface area contributed by atoms with Crippen LogP contribution in [0.5, 0.6) is 0 Å². The van der Waals surface area contributed by atoms with Gasteiger partial charge in [-0.25, -0.2) is 8.78 Å². The first kappa shape index (κ1) is 15.2. The number of halogens is 4. The van der Waals surface area contributed by atoms with Crippen LogP contribution in [-0.2, 0) is 12.0 Å². The van der Waals surface area contributed by atoms with Crippen molar-refractivity contribution in [3.63, 3.8) is 0 Å². The van der Waals surface area contributed by atoms with E-state index in [9.17, 15) is 13.9 Å². The summed E-state index contributed by atoms with van der Waals surface area (Å²) in [4.78, 5) is 0. The van der Waals surface area contributed by atoms with Crippen LogP contribution in [0.15, 0.2) is 42.5 Å². The third-order valence-corrected chi connectivity index (χ3v) is 3.75. The van der Waals surface area contributed by atoms with Gasteiger partial charge in [-0.3, -0.25) is 0 Å². The van der Waals surface area contributed by atoms with Gasteiger partial charge in [0.1, 0.15) is 17.2 Å². The molecule has 20 heavy (non-hydrogen) atoms. The van der Waals surface area contributed by atoms with E-state index >= 15 is 0 Å². The van der Waals surface area contributed by atoms with E-state index in [2.05, 4.69) is 0 Å². The summed E-state index contributed by atoms with van der Waals surface area (Å²) in [5.74, 6) is -1.57. The number of rotatable bonds is 4. The molecule has 0 radical (unpaired) electrons. The highest BCUT2D eigenvalue weighted by Crippen LogP contribution is 2.30. The van der Waals surface area contributed by atoms with E-state index in [0.29, 0.717) is 5.02 Å². The predicted molar refractivity (Wildman–Crippen MR) is 76.1 cm³/mol. The normalized spacial score (nSPS) is 14.1. The summed E-state index contributed by atoms with van der Waals surface area (Å²) in [5.41, 5.74) is -1.11. The maximum absolute atomic E-state index is 13.8. The third-order valence-electron chi connectivity index (χ3n) is 3.06. The SMILES string of the molecule is OC(CCl)(Cc1ccc(Cl)cc1)c1cc(F)ccc1F. The molecule has 2 aromatic carbocycles. The quantitative estimate of drug-likeness (QED) is 0.834. The predicted octanol–water partition coefficient (Wildman–Crippen LogP) is 4.29. The number of hydrogen-bond acceptors (Lipinski definition) is 1. The van der Waals surface area contributed by atoms with Gasteiger partial charge in [0.25, 0.3) is 0 Å². The lowest BCUT2D eigenvalue weighted by Gasteiger charge is -2.27. The van der Waals surface area contributed by atoms with Crippen LogP contribution in [0, 0.1) is 11.6 Å². The van der Waals surface area contributed by atoms with Gasteiger partial charge in [-0.05, 0) is 35.9 Å². The molecule has 106 valence electrons. The maximum Gasteiger partial charge on any atom is 0.129 e. The zero-order valence-electron chi connectivity index (χ0n) is 10.4. The summed E-state index contributed by atoms with van der Waals surface area (Å²) in [6, 6.07) is 9.67. The van der Waals surface area contributed by atoms with Crippen LogP contribution in [-0.4, -0.2) is 11.0 Å². The first-order chi connectivity index (χ1) is 9.44. The largest absolute Gasteiger partial charge is 0.383 e. The number of aliphatic hydroxyl groups is 1. The average molecular weight is 317 g/mol. The third kappa shape index (κ3) is 3.29. The van der Waals surface area contributed by atoms with E-state index < -0.39 is 17.2 Å². The molecule has 2 aromatic rings. The fourth-order valence-corrected chi connectivity index (χ4v) is 2.37. The molecule has 0 aliphatic rings. The fraction of sp³-hybridized carbons (Fsp3) is 0.200. The molecule has 0 fully saturated rings. The Labute approximate surface area is 125 Å². The van der Waals surface area contributed by atoms with Crippen molar-refractivity contribution in [2.45, 2.75) is 12.0 Å². The van der Waals surface area contributed by atoms with Gasteiger partial charge in [-0.1, -0.05) is 23.7 Å². The second-order valence-corrected chi connectivity index (χ2v) is 5.30. The molecule has 0 aliphatic carbocycles. The molecule has 0 spiro atoms. The molecule has 0 saturated carbocycles. The molecule has 0 saturated heterocycles. The summed E-state index contributed by atoms with van der Waals surface area (Å²) in [5, 5.41) is 11.1. The summed E-state index contributed by atoms with van der Waals surface area (Å²) in [7, 11) is 0. The maximum atomic E-state index is 13.8. The lowest BCUT2D eigenvalue weighted by molar-refractivity contribution is 0.0572. The molecule has 2 rings (SSSR count). The Kier molecular flexibility index (Phi) is 4.63. The van der Waals surface area contributed by atoms with Gasteiger partial charge < -0.3 is 5.11 Å². The summed E-state index contributed by atoms with van der Waals surface area (Å²) < 4.78 is 27.1. The molecule has 1 atom stereocenters. The van der Waals surface area contributed by atoms with Gasteiger partial charge in [0.2, 0.25) is 0 Å². The molecule has 0 heterocycles. The highest BCUT2D eigenvalue weighted by Gasteiger charge is 2.32. The molecular weight excluding hydrogens is 305 g/mol. The topological polar surface area (TPSA) is 20.2 Å². The highest BCUT2D eigenvalue weighted by atomic mass is 35.5. The fourth-order valence-electron chi connectivity index (χ4n) is 2.01. The second-order valence-electron chi connectivity index (χ2n) is 4.59. The Morgan fingerprint density at radius 1 is 1.05 bits per heavy atom. The Bertz CT molecular complexity index is 601. The zero-order valence-corrected chi connectivity index (χ0v) is 11.9. The van der Waals surface area contributed by atoms with Crippen molar-refractivity contribution in [2.24, 2.45) is 0 Å². The van der Waals surface area contributed by atoms with Gasteiger partial charge in [-0.15, -0.1) is 11.6 Å². The Morgan fingerprint density at radius 3 is 2.30 bits per heavy atom. The van der Waals surface area contributed by atoms with Crippen LogP contribution in [0.1, 0.15) is 11.1 Å². The second kappa shape index (κ2) is 6.08. The first-order valence-corrected chi connectivity index (χ1v) is 6.84. The van der Waals surface area contributed by atoms with Crippen molar-refractivity contribution in [1.82, 2.24) is 0 Å². The van der Waals surface area contributed by atoms with E-state index in [1.807, 2.05) is 0 Å². The summed E-state index contributed by atoms with van der Waals surface area (Å²) in [6.45, 7) is 0. The first-order valence-electron chi connectivity index (χ1n) is 5.93. The molecule has 5 heteroatoms. The van der Waals surface area contributed by atoms with Crippen molar-refractivity contribution in [2.75, 3.05) is 5.88 Å². The standard InChI is InChI=1S/C15H12Cl2F2O/c16-9-15(20,8-10-1-3-11(17)4-2-10)13-7-12(18)5-6-14(13)19/h1-7,20H,8-9H2. The van der Waals surface area contributed by atoms with Crippen LogP contribution in [0.3, 0.4) is 0 Å². The van der Waals surface area contributed by atoms with Crippen LogP contribution >= 0.6 is 23.2 Å². The van der Waals surface area contributed by atoms with Crippen molar-refractivity contribution < 1.29 is 13.9 Å². The molecule has 1 N–H and O–H groups in total. The lowest BCUT2D eigenvalue weighted by Crippen LogP contribution is -2.32. The molecule has 0 amide bonds. The zero-order chi connectivity index (χ0) is 14.8. The number of hydrogen-bond donors (Lipinski definition) is 1. The number of benzene rings is 2. The van der Waals surface area contributed by atoms with E-state index in [4.69, 9.17) is 23.2 Å². The monoisotopic (exact) mass is 316 g/mol. The van der Waals surface area contributed by atoms with Crippen molar-refractivity contribution in [3.8, 4) is 0 Å². The van der Waals surface area contributed by atoms with Crippen molar-refractivity contribution in [1.29, 1.82) is 0 Å². The highest BCUT2D eigenvalue weighted by molar-refractivity contribution is 6.30. The van der Waals surface area contributed by atoms with Gasteiger partial charge in [0.15, 0.2) is 0 Å². The Hall–Kier alpha value is -1.16. The van der Waals surface area contributed by atoms with E-state index in [-0.39, 0.29) is 17.9 Å². The van der Waals surface area contributed by atoms with Crippen molar-refractivity contribution in [3.05, 3.63) is 70.2 Å². The Morgan fingerprint density at radius 2 is 1.70 bits per heavy atom. The minimum absolute atomic E-state index is 0.0635. The van der Waals surface area contributed by atoms with E-state index in [0.717, 1.165) is 23.8 Å². The molecular formula is C15H12Cl2F2O. The smallest absolute Gasteiger partial charge is 0.129 e. The van der Waals surface area contributed by atoms with Crippen LogP contribution in [0.2, 0.25) is 5.02 Å².